The van der Waals surface area contributed by atoms with Gasteiger partial charge in [-0.1, -0.05) is 0 Å². The first-order chi connectivity index (χ1) is 6.57. The van der Waals surface area contributed by atoms with Gasteiger partial charge in [-0.05, 0) is 40.5 Å². The number of rotatable bonds is 3. The lowest BCUT2D eigenvalue weighted by molar-refractivity contribution is -0.149. The number of carbonyl (C=O) groups excluding carboxylic acids is 1. The van der Waals surface area contributed by atoms with Crippen LogP contribution in [0.2, 0.25) is 0 Å². The predicted octanol–water partition coefficient (Wildman–Crippen LogP) is 1.81. The molecule has 1 heterocycles. The Hall–Kier alpha value is -0.570. The first-order valence-corrected chi connectivity index (χ1v) is 5.52. The third-order valence-electron chi connectivity index (χ3n) is 2.88. The van der Waals surface area contributed by atoms with Crippen LogP contribution in [-0.2, 0) is 9.53 Å². The van der Waals surface area contributed by atoms with E-state index in [1.54, 1.807) is 0 Å². The van der Waals surface area contributed by atoms with Gasteiger partial charge in [-0.3, -0.25) is 9.69 Å². The summed E-state index contributed by atoms with van der Waals surface area (Å²) in [6.45, 7) is 8.78. The minimum Gasteiger partial charge on any atom is -0.465 e. The predicted molar refractivity (Wildman–Crippen MR) is 56.1 cm³/mol. The maximum absolute atomic E-state index is 11.6. The maximum Gasteiger partial charge on any atom is 0.323 e. The average Bonchev–Trinajstić information content (AvgIpc) is 2.47. The van der Waals surface area contributed by atoms with Gasteiger partial charge in [0.05, 0.1) is 6.61 Å². The number of nitrogens with zero attached hydrogens (tertiary/aromatic N) is 1. The third-order valence-corrected chi connectivity index (χ3v) is 2.88. The van der Waals surface area contributed by atoms with Gasteiger partial charge in [0.2, 0.25) is 0 Å². The lowest BCUT2D eigenvalue weighted by atomic mass is 10.2. The number of hydrogen-bond donors (Lipinski definition) is 0. The molecule has 0 spiro atoms. The third kappa shape index (κ3) is 2.27. The standard InChI is InChI=1S/C11H21NO2/c1-5-14-11(13)10-7-6-9(4)12(10)8(2)3/h8-10H,5-7H2,1-4H3. The van der Waals surface area contributed by atoms with Crippen molar-refractivity contribution in [2.24, 2.45) is 0 Å². The Labute approximate surface area is 86.4 Å². The molecule has 0 radical (unpaired) electrons. The van der Waals surface area contributed by atoms with Crippen LogP contribution in [0.15, 0.2) is 0 Å². The van der Waals surface area contributed by atoms with E-state index in [9.17, 15) is 4.79 Å². The molecule has 1 saturated heterocycles. The minimum absolute atomic E-state index is 0.00931. The second-order valence-electron chi connectivity index (χ2n) is 4.24. The molecule has 3 heteroatoms. The highest BCUT2D eigenvalue weighted by atomic mass is 16.5. The van der Waals surface area contributed by atoms with Gasteiger partial charge in [0.25, 0.3) is 0 Å². The van der Waals surface area contributed by atoms with E-state index < -0.39 is 0 Å². The van der Waals surface area contributed by atoms with Gasteiger partial charge in [-0.25, -0.2) is 0 Å². The molecule has 0 aromatic carbocycles. The zero-order valence-corrected chi connectivity index (χ0v) is 9.62. The molecule has 1 rings (SSSR count). The quantitative estimate of drug-likeness (QED) is 0.649. The second-order valence-corrected chi connectivity index (χ2v) is 4.24. The molecular weight excluding hydrogens is 178 g/mol. The van der Waals surface area contributed by atoms with Crippen molar-refractivity contribution in [2.45, 2.75) is 58.7 Å². The van der Waals surface area contributed by atoms with Crippen molar-refractivity contribution in [3.8, 4) is 0 Å². The van der Waals surface area contributed by atoms with E-state index in [1.807, 2.05) is 6.92 Å². The molecule has 0 aliphatic carbocycles. The second kappa shape index (κ2) is 4.78. The molecule has 3 nitrogen and oxygen atoms in total. The number of ether oxygens (including phenoxy) is 1. The molecule has 2 unspecified atom stereocenters. The summed E-state index contributed by atoms with van der Waals surface area (Å²) in [5.74, 6) is -0.0504. The molecule has 0 N–H and O–H groups in total. The monoisotopic (exact) mass is 199 g/mol. The van der Waals surface area contributed by atoms with E-state index >= 15 is 0 Å². The molecule has 1 fully saturated rings. The molecule has 0 aromatic heterocycles. The first kappa shape index (κ1) is 11.5. The van der Waals surface area contributed by atoms with Crippen molar-refractivity contribution in [1.82, 2.24) is 4.90 Å². The van der Waals surface area contributed by atoms with Gasteiger partial charge < -0.3 is 4.74 Å². The van der Waals surface area contributed by atoms with Crippen LogP contribution in [0, 0.1) is 0 Å². The zero-order chi connectivity index (χ0) is 10.7. The van der Waals surface area contributed by atoms with E-state index in [0.29, 0.717) is 18.7 Å². The summed E-state index contributed by atoms with van der Waals surface area (Å²) in [6, 6.07) is 0.913. The Morgan fingerprint density at radius 2 is 2.14 bits per heavy atom. The van der Waals surface area contributed by atoms with E-state index in [2.05, 4.69) is 25.7 Å². The largest absolute Gasteiger partial charge is 0.465 e. The van der Waals surface area contributed by atoms with Crippen LogP contribution in [0.25, 0.3) is 0 Å². The maximum atomic E-state index is 11.6. The smallest absolute Gasteiger partial charge is 0.323 e. The fraction of sp³-hybridized carbons (Fsp3) is 0.909. The Balaban J connectivity index is 2.64. The zero-order valence-electron chi connectivity index (χ0n) is 9.62. The molecule has 2 atom stereocenters. The van der Waals surface area contributed by atoms with Gasteiger partial charge >= 0.3 is 5.97 Å². The van der Waals surface area contributed by atoms with Gasteiger partial charge in [0.15, 0.2) is 0 Å². The summed E-state index contributed by atoms with van der Waals surface area (Å²) in [7, 11) is 0. The lowest BCUT2D eigenvalue weighted by Crippen LogP contribution is -2.44. The van der Waals surface area contributed by atoms with Gasteiger partial charge in [-0.2, -0.15) is 0 Å². The van der Waals surface area contributed by atoms with Gasteiger partial charge in [0, 0.05) is 12.1 Å². The molecule has 14 heavy (non-hydrogen) atoms. The Morgan fingerprint density at radius 3 is 2.64 bits per heavy atom. The molecule has 0 aromatic rings. The lowest BCUT2D eigenvalue weighted by Gasteiger charge is -2.30. The molecule has 82 valence electrons. The van der Waals surface area contributed by atoms with Crippen LogP contribution in [0.1, 0.15) is 40.5 Å². The van der Waals surface area contributed by atoms with Crippen LogP contribution in [0.5, 0.6) is 0 Å². The number of esters is 1. The summed E-state index contributed by atoms with van der Waals surface area (Å²) in [6.07, 6.45) is 2.04. The van der Waals surface area contributed by atoms with Crippen LogP contribution < -0.4 is 0 Å². The summed E-state index contributed by atoms with van der Waals surface area (Å²) in [4.78, 5) is 13.9. The number of carbonyl (C=O) groups is 1. The highest BCUT2D eigenvalue weighted by Crippen LogP contribution is 2.26. The van der Waals surface area contributed by atoms with Gasteiger partial charge in [-0.15, -0.1) is 0 Å². The van der Waals surface area contributed by atoms with Crippen LogP contribution >= 0.6 is 0 Å². The molecule has 1 aliphatic heterocycles. The normalized spacial score (nSPS) is 28.4. The topological polar surface area (TPSA) is 29.5 Å². The van der Waals surface area contributed by atoms with Gasteiger partial charge in [0.1, 0.15) is 6.04 Å². The first-order valence-electron chi connectivity index (χ1n) is 5.52. The summed E-state index contributed by atoms with van der Waals surface area (Å²) in [5.41, 5.74) is 0. The van der Waals surface area contributed by atoms with Crippen molar-refractivity contribution < 1.29 is 9.53 Å². The Morgan fingerprint density at radius 1 is 1.50 bits per heavy atom. The fourth-order valence-electron chi connectivity index (χ4n) is 2.35. The fourth-order valence-corrected chi connectivity index (χ4v) is 2.35. The Bertz CT molecular complexity index is 203. The Kier molecular flexibility index (Phi) is 3.93. The van der Waals surface area contributed by atoms with Crippen LogP contribution in [0.3, 0.4) is 0 Å². The summed E-state index contributed by atoms with van der Waals surface area (Å²) < 4.78 is 5.07. The SMILES string of the molecule is CCOC(=O)C1CCC(C)N1C(C)C. The minimum atomic E-state index is -0.0504. The van der Waals surface area contributed by atoms with Crippen LogP contribution in [-0.4, -0.2) is 35.6 Å². The van der Waals surface area contributed by atoms with E-state index in [0.717, 1.165) is 12.8 Å². The average molecular weight is 199 g/mol. The van der Waals surface area contributed by atoms with Crippen molar-refractivity contribution in [2.75, 3.05) is 6.61 Å². The highest BCUT2D eigenvalue weighted by Gasteiger charge is 2.37. The van der Waals surface area contributed by atoms with E-state index in [4.69, 9.17) is 4.74 Å². The molecule has 0 amide bonds. The summed E-state index contributed by atoms with van der Waals surface area (Å²) in [5, 5.41) is 0. The van der Waals surface area contributed by atoms with E-state index in [1.165, 1.54) is 0 Å². The molecule has 1 aliphatic rings. The molecule has 0 saturated carbocycles. The van der Waals surface area contributed by atoms with Crippen molar-refractivity contribution in [3.63, 3.8) is 0 Å². The summed E-state index contributed by atoms with van der Waals surface area (Å²) >= 11 is 0. The van der Waals surface area contributed by atoms with Crippen LogP contribution in [0.4, 0.5) is 0 Å². The van der Waals surface area contributed by atoms with Crippen molar-refractivity contribution in [3.05, 3.63) is 0 Å². The molecule has 0 bridgehead atoms. The number of hydrogen-bond acceptors (Lipinski definition) is 3. The highest BCUT2D eigenvalue weighted by molar-refractivity contribution is 5.76. The van der Waals surface area contributed by atoms with Crippen molar-refractivity contribution >= 4 is 5.97 Å². The number of likely N-dealkylation sites (tertiary alicyclic amines) is 1. The van der Waals surface area contributed by atoms with Crippen molar-refractivity contribution in [1.29, 1.82) is 0 Å². The molecular formula is C11H21NO2. The van der Waals surface area contributed by atoms with E-state index in [-0.39, 0.29) is 12.0 Å².